The van der Waals surface area contributed by atoms with Crippen LogP contribution < -0.4 is 4.74 Å². The van der Waals surface area contributed by atoms with Gasteiger partial charge in [0.2, 0.25) is 0 Å². The summed E-state index contributed by atoms with van der Waals surface area (Å²) in [7, 11) is 2.96. The Labute approximate surface area is 201 Å². The first-order valence-electron chi connectivity index (χ1n) is 11.0. The van der Waals surface area contributed by atoms with Crippen LogP contribution in [0.5, 0.6) is 11.5 Å². The first kappa shape index (κ1) is 22.7. The number of rotatable bonds is 4. The van der Waals surface area contributed by atoms with Crippen molar-refractivity contribution in [3.63, 3.8) is 0 Å². The minimum absolute atomic E-state index is 0.0367. The van der Waals surface area contributed by atoms with E-state index in [2.05, 4.69) is 20.8 Å². The standard InChI is InChI=1S/C25H28BrNO6/c1-32-17-8-7-15-18(23(17)31)25-9-10-27(12-13-3-5-14(26)6-4-13)20(21(15)29)19(25)24(33-2)22(30)16(28)11-25/h3-8,16,20-22,28-31H,9-12H2,1-2H3/t16-,20-,21+,22-,25+/m0/s1. The number of hydrogen-bond donors (Lipinski definition) is 4. The van der Waals surface area contributed by atoms with Gasteiger partial charge >= 0.3 is 0 Å². The number of aliphatic hydroxyl groups excluding tert-OH is 3. The Morgan fingerprint density at radius 1 is 1.03 bits per heavy atom. The first-order valence-corrected chi connectivity index (χ1v) is 11.8. The number of phenols is 1. The van der Waals surface area contributed by atoms with E-state index >= 15 is 0 Å². The molecule has 33 heavy (non-hydrogen) atoms. The lowest BCUT2D eigenvalue weighted by Crippen LogP contribution is -2.61. The Bertz CT molecular complexity index is 1100. The summed E-state index contributed by atoms with van der Waals surface area (Å²) in [5.41, 5.74) is 2.22. The SMILES string of the molecule is COC1=C2[C@H]3[C@H](O)c4ccc(OC)c(O)c4[C@@]2(CCN3Cc2ccc(Br)cc2)C[C@H](O)[C@@H]1O. The third-order valence-electron chi connectivity index (χ3n) is 7.49. The number of methoxy groups -OCH3 is 2. The molecule has 1 fully saturated rings. The van der Waals surface area contributed by atoms with E-state index in [0.29, 0.717) is 36.4 Å². The van der Waals surface area contributed by atoms with Crippen molar-refractivity contribution in [2.75, 3.05) is 20.8 Å². The second kappa shape index (κ2) is 8.29. The summed E-state index contributed by atoms with van der Waals surface area (Å²) in [5, 5.41) is 44.4. The highest BCUT2D eigenvalue weighted by Gasteiger charge is 2.60. The molecule has 2 aromatic rings. The van der Waals surface area contributed by atoms with Crippen molar-refractivity contribution in [1.29, 1.82) is 0 Å². The number of aromatic hydroxyl groups is 1. The average Bonchev–Trinajstić information content (AvgIpc) is 2.80. The molecule has 4 N–H and O–H groups in total. The lowest BCUT2D eigenvalue weighted by molar-refractivity contribution is -0.0536. The van der Waals surface area contributed by atoms with Crippen molar-refractivity contribution in [1.82, 2.24) is 4.90 Å². The van der Waals surface area contributed by atoms with E-state index in [0.717, 1.165) is 15.6 Å². The molecule has 2 aromatic carbocycles. The number of fused-ring (bicyclic) bond motifs is 1. The predicted octanol–water partition coefficient (Wildman–Crippen LogP) is 2.75. The molecular weight excluding hydrogens is 490 g/mol. The lowest BCUT2D eigenvalue weighted by atomic mass is 9.54. The fourth-order valence-electron chi connectivity index (χ4n) is 6.09. The fraction of sp³-hybridized carbons (Fsp3) is 0.440. The van der Waals surface area contributed by atoms with Crippen LogP contribution in [-0.2, 0) is 16.7 Å². The van der Waals surface area contributed by atoms with E-state index in [1.807, 2.05) is 24.3 Å². The summed E-state index contributed by atoms with van der Waals surface area (Å²) in [5.74, 6) is 0.543. The number of aliphatic hydroxyl groups is 3. The molecule has 8 heteroatoms. The molecule has 2 aliphatic carbocycles. The highest BCUT2D eigenvalue weighted by Crippen LogP contribution is 2.61. The molecule has 1 aliphatic heterocycles. The van der Waals surface area contributed by atoms with Gasteiger partial charge in [0.15, 0.2) is 11.5 Å². The van der Waals surface area contributed by atoms with Crippen molar-refractivity contribution < 1.29 is 29.9 Å². The molecule has 5 rings (SSSR count). The topological polar surface area (TPSA) is 103 Å². The predicted molar refractivity (Wildman–Crippen MR) is 125 cm³/mol. The van der Waals surface area contributed by atoms with Gasteiger partial charge in [0.25, 0.3) is 0 Å². The number of piperidine rings is 1. The zero-order chi connectivity index (χ0) is 23.5. The van der Waals surface area contributed by atoms with Crippen molar-refractivity contribution in [3.8, 4) is 11.5 Å². The maximum absolute atomic E-state index is 11.6. The third-order valence-corrected chi connectivity index (χ3v) is 8.02. The quantitative estimate of drug-likeness (QED) is 0.494. The number of nitrogens with zero attached hydrogens (tertiary/aromatic N) is 1. The number of phenolic OH excluding ortho intramolecular Hbond substituents is 1. The highest BCUT2D eigenvalue weighted by molar-refractivity contribution is 9.10. The summed E-state index contributed by atoms with van der Waals surface area (Å²) in [6, 6.07) is 11.0. The van der Waals surface area contributed by atoms with Crippen LogP contribution in [0.2, 0.25) is 0 Å². The van der Waals surface area contributed by atoms with Crippen LogP contribution in [0, 0.1) is 0 Å². The molecule has 176 valence electrons. The van der Waals surface area contributed by atoms with Gasteiger partial charge in [-0.15, -0.1) is 0 Å². The van der Waals surface area contributed by atoms with Gasteiger partial charge in [0, 0.05) is 34.1 Å². The van der Waals surface area contributed by atoms with Gasteiger partial charge in [0.05, 0.1) is 32.5 Å². The van der Waals surface area contributed by atoms with Crippen molar-refractivity contribution in [2.45, 2.75) is 49.2 Å². The van der Waals surface area contributed by atoms with Crippen molar-refractivity contribution in [2.24, 2.45) is 0 Å². The Morgan fingerprint density at radius 2 is 1.76 bits per heavy atom. The number of ether oxygens (including phenoxy) is 2. The maximum Gasteiger partial charge on any atom is 0.162 e. The van der Waals surface area contributed by atoms with Crippen LogP contribution in [-0.4, -0.2) is 64.3 Å². The smallest absolute Gasteiger partial charge is 0.162 e. The summed E-state index contributed by atoms with van der Waals surface area (Å²) < 4.78 is 12.0. The number of halogens is 1. The molecular formula is C25H28BrNO6. The molecule has 0 unspecified atom stereocenters. The van der Waals surface area contributed by atoms with Gasteiger partial charge in [-0.1, -0.05) is 34.1 Å². The molecule has 2 bridgehead atoms. The van der Waals surface area contributed by atoms with Crippen molar-refractivity contribution in [3.05, 3.63) is 68.9 Å². The molecule has 1 heterocycles. The molecule has 0 saturated carbocycles. The number of likely N-dealkylation sites (tertiary alicyclic amines) is 1. The van der Waals surface area contributed by atoms with Gasteiger partial charge in [0.1, 0.15) is 11.9 Å². The van der Waals surface area contributed by atoms with E-state index in [1.54, 1.807) is 12.1 Å². The van der Waals surface area contributed by atoms with Crippen LogP contribution >= 0.6 is 15.9 Å². The van der Waals surface area contributed by atoms with Gasteiger partial charge in [-0.05, 0) is 42.2 Å². The van der Waals surface area contributed by atoms with E-state index in [1.165, 1.54) is 14.2 Å². The van der Waals surface area contributed by atoms with Gasteiger partial charge in [-0.3, -0.25) is 4.90 Å². The Kier molecular flexibility index (Phi) is 5.69. The maximum atomic E-state index is 11.6. The van der Waals surface area contributed by atoms with E-state index in [4.69, 9.17) is 9.47 Å². The molecule has 1 saturated heterocycles. The largest absolute Gasteiger partial charge is 0.504 e. The summed E-state index contributed by atoms with van der Waals surface area (Å²) >= 11 is 3.47. The summed E-state index contributed by atoms with van der Waals surface area (Å²) in [6.45, 7) is 1.24. The minimum atomic E-state index is -1.20. The van der Waals surface area contributed by atoms with Crippen LogP contribution in [0.3, 0.4) is 0 Å². The van der Waals surface area contributed by atoms with Crippen LogP contribution in [0.1, 0.15) is 35.6 Å². The van der Waals surface area contributed by atoms with Crippen LogP contribution in [0.25, 0.3) is 0 Å². The normalized spacial score (nSPS) is 31.1. The first-order chi connectivity index (χ1) is 15.8. The molecule has 0 amide bonds. The van der Waals surface area contributed by atoms with Crippen molar-refractivity contribution >= 4 is 15.9 Å². The van der Waals surface area contributed by atoms with E-state index < -0.39 is 29.8 Å². The second-order valence-corrected chi connectivity index (χ2v) is 10.0. The third kappa shape index (κ3) is 3.31. The van der Waals surface area contributed by atoms with E-state index in [-0.39, 0.29) is 17.9 Å². The van der Waals surface area contributed by atoms with E-state index in [9.17, 15) is 20.4 Å². The van der Waals surface area contributed by atoms with Crippen LogP contribution in [0.4, 0.5) is 0 Å². The zero-order valence-electron chi connectivity index (χ0n) is 18.5. The Hall–Kier alpha value is -2.10. The lowest BCUT2D eigenvalue weighted by Gasteiger charge is -2.58. The van der Waals surface area contributed by atoms with Gasteiger partial charge in [-0.25, -0.2) is 0 Å². The molecule has 0 spiro atoms. The molecule has 7 nitrogen and oxygen atoms in total. The molecule has 0 aromatic heterocycles. The minimum Gasteiger partial charge on any atom is -0.504 e. The molecule has 5 atom stereocenters. The fourth-order valence-corrected chi connectivity index (χ4v) is 6.36. The Balaban J connectivity index is 1.72. The monoisotopic (exact) mass is 517 g/mol. The number of hydrogen-bond acceptors (Lipinski definition) is 7. The molecule has 0 radical (unpaired) electrons. The van der Waals surface area contributed by atoms with Crippen LogP contribution in [0.15, 0.2) is 52.2 Å². The van der Waals surface area contributed by atoms with Gasteiger partial charge < -0.3 is 29.9 Å². The number of benzene rings is 2. The average molecular weight is 518 g/mol. The zero-order valence-corrected chi connectivity index (χ0v) is 20.1. The van der Waals surface area contributed by atoms with Gasteiger partial charge in [-0.2, -0.15) is 0 Å². The Morgan fingerprint density at radius 3 is 2.42 bits per heavy atom. The summed E-state index contributed by atoms with van der Waals surface area (Å²) in [4.78, 5) is 2.19. The second-order valence-electron chi connectivity index (χ2n) is 9.10. The highest BCUT2D eigenvalue weighted by atomic mass is 79.9. The molecule has 3 aliphatic rings. The summed E-state index contributed by atoms with van der Waals surface area (Å²) in [6.07, 6.45) is -2.40.